The number of nitrogens with zero attached hydrogens (tertiary/aromatic N) is 2. The van der Waals surface area contributed by atoms with E-state index in [-0.39, 0.29) is 5.84 Å². The highest BCUT2D eigenvalue weighted by atomic mass is 16.5. The summed E-state index contributed by atoms with van der Waals surface area (Å²) in [5.41, 5.74) is -0.881. The molecule has 187 valence electrons. The van der Waals surface area contributed by atoms with Gasteiger partial charge in [0.2, 0.25) is 0 Å². The second-order valence-corrected chi connectivity index (χ2v) is 10.4. The Bertz CT molecular complexity index is 729. The van der Waals surface area contributed by atoms with Crippen LogP contribution in [0.3, 0.4) is 0 Å². The fourth-order valence-electron chi connectivity index (χ4n) is 4.71. The van der Waals surface area contributed by atoms with Crippen LogP contribution in [0.5, 0.6) is 5.75 Å². The minimum atomic E-state index is -0.791. The smallest absolute Gasteiger partial charge is 0.316 e. The van der Waals surface area contributed by atoms with E-state index >= 15 is 0 Å². The molecule has 1 aromatic rings. The third kappa shape index (κ3) is 6.88. The van der Waals surface area contributed by atoms with Gasteiger partial charge in [-0.15, -0.1) is 0 Å². The van der Waals surface area contributed by atoms with Crippen LogP contribution in [-0.4, -0.2) is 33.3 Å². The Morgan fingerprint density at radius 3 is 1.91 bits per heavy atom. The third-order valence-electron chi connectivity index (χ3n) is 7.55. The highest BCUT2D eigenvalue weighted by Crippen LogP contribution is 2.41. The molecule has 0 N–H and O–H groups in total. The molecule has 1 aliphatic heterocycles. The first-order valence-electron chi connectivity index (χ1n) is 13.3. The van der Waals surface area contributed by atoms with Crippen molar-refractivity contribution in [2.45, 2.75) is 129 Å². The maximum Gasteiger partial charge on any atom is 0.316 e. The predicted molar refractivity (Wildman–Crippen MR) is 136 cm³/mol. The number of amidine groups is 1. The molecule has 0 saturated heterocycles. The summed E-state index contributed by atoms with van der Waals surface area (Å²) in [6, 6.07) is 7.43. The first kappa shape index (κ1) is 27.5. The number of rotatable bonds is 16. The molecule has 5 nitrogen and oxygen atoms in total. The largest absolute Gasteiger partial charge is 0.714 e. The average molecular weight is 460 g/mol. The number of benzene rings is 1. The Kier molecular flexibility index (Phi) is 11.0. The Labute approximate surface area is 202 Å². The number of hydrogen-bond donors (Lipinski definition) is 0. The Hall–Kier alpha value is -1.75. The fourth-order valence-corrected chi connectivity index (χ4v) is 4.71. The van der Waals surface area contributed by atoms with Crippen molar-refractivity contribution in [2.24, 2.45) is 0 Å². The lowest BCUT2D eigenvalue weighted by molar-refractivity contribution is -0.546. The van der Waals surface area contributed by atoms with E-state index in [1.54, 1.807) is 0 Å². The van der Waals surface area contributed by atoms with E-state index in [9.17, 15) is 10.4 Å². The molecule has 0 amide bonds. The van der Waals surface area contributed by atoms with Crippen molar-refractivity contribution in [1.82, 2.24) is 5.06 Å². The molecule has 2 rings (SSSR count). The summed E-state index contributed by atoms with van der Waals surface area (Å²) >= 11 is 0. The monoisotopic (exact) mass is 459 g/mol. The lowest BCUT2D eigenvalue weighted by atomic mass is 9.78. The molecule has 5 heteroatoms. The fraction of sp³-hybridized carbons (Fsp3) is 0.750. The molecule has 1 radical (unpaired) electrons. The first-order valence-corrected chi connectivity index (χ1v) is 13.3. The SMILES string of the molecule is CCCCCCCCOc1ccc(C2=[N+]([O-])[C@](C)(CCCCCCCC)C(C)(C)N2[O])cc1. The summed E-state index contributed by atoms with van der Waals surface area (Å²) in [6.07, 6.45) is 15.1. The molecule has 0 aliphatic carbocycles. The molecule has 1 atom stereocenters. The van der Waals surface area contributed by atoms with Crippen LogP contribution in [0.15, 0.2) is 24.3 Å². The summed E-state index contributed by atoms with van der Waals surface area (Å²) in [5.74, 6) is 1.01. The zero-order chi connectivity index (χ0) is 24.3. The number of ether oxygens (including phenoxy) is 1. The molecule has 0 spiro atoms. The zero-order valence-corrected chi connectivity index (χ0v) is 21.8. The molecule has 0 saturated carbocycles. The van der Waals surface area contributed by atoms with E-state index in [2.05, 4.69) is 13.8 Å². The maximum absolute atomic E-state index is 13.4. The Morgan fingerprint density at radius 1 is 0.818 bits per heavy atom. The van der Waals surface area contributed by atoms with Gasteiger partial charge >= 0.3 is 5.84 Å². The van der Waals surface area contributed by atoms with E-state index in [0.717, 1.165) is 41.2 Å². The van der Waals surface area contributed by atoms with Crippen LogP contribution in [0, 0.1) is 5.21 Å². The summed E-state index contributed by atoms with van der Waals surface area (Å²) < 4.78 is 6.85. The van der Waals surface area contributed by atoms with E-state index in [1.807, 2.05) is 45.0 Å². The molecular formula is C28H47N2O3. The molecule has 33 heavy (non-hydrogen) atoms. The maximum atomic E-state index is 13.4. The standard InChI is InChI=1S/C28H47N2O3/c1-6-8-10-12-14-16-22-28(5)27(3,4)29(31)26(30(28)32)24-18-20-25(21-19-24)33-23-17-15-13-11-9-7-2/h18-21H,6-17,22-23H2,1-5H3/t28-/m1/s1. The van der Waals surface area contributed by atoms with Crippen LogP contribution in [0.1, 0.15) is 124 Å². The number of hydrogen-bond acceptors (Lipinski definition) is 3. The van der Waals surface area contributed by atoms with Crippen molar-refractivity contribution in [3.8, 4) is 5.75 Å². The van der Waals surface area contributed by atoms with Gasteiger partial charge in [-0.25, -0.2) is 0 Å². The van der Waals surface area contributed by atoms with E-state index in [1.165, 1.54) is 57.8 Å². The van der Waals surface area contributed by atoms with E-state index < -0.39 is 11.1 Å². The van der Waals surface area contributed by atoms with Crippen LogP contribution < -0.4 is 4.74 Å². The zero-order valence-electron chi connectivity index (χ0n) is 21.8. The molecule has 0 fully saturated rings. The first-order chi connectivity index (χ1) is 15.8. The Morgan fingerprint density at radius 2 is 1.33 bits per heavy atom. The molecule has 1 aromatic carbocycles. The van der Waals surface area contributed by atoms with Crippen molar-refractivity contribution in [1.29, 1.82) is 0 Å². The van der Waals surface area contributed by atoms with Crippen LogP contribution in [0.25, 0.3) is 0 Å². The summed E-state index contributed by atoms with van der Waals surface area (Å²) in [7, 11) is 0. The van der Waals surface area contributed by atoms with Gasteiger partial charge in [0.1, 0.15) is 5.75 Å². The Balaban J connectivity index is 1.98. The highest BCUT2D eigenvalue weighted by molar-refractivity contribution is 5.96. The van der Waals surface area contributed by atoms with Gasteiger partial charge in [0.05, 0.1) is 12.2 Å². The minimum absolute atomic E-state index is 0.218. The summed E-state index contributed by atoms with van der Waals surface area (Å²) in [5, 5.41) is 27.6. The van der Waals surface area contributed by atoms with Crippen molar-refractivity contribution in [3.05, 3.63) is 35.0 Å². The molecule has 1 aliphatic rings. The number of unbranched alkanes of at least 4 members (excludes halogenated alkanes) is 10. The van der Waals surface area contributed by atoms with Crippen LogP contribution in [-0.2, 0) is 5.21 Å². The van der Waals surface area contributed by atoms with Crippen molar-refractivity contribution in [2.75, 3.05) is 6.61 Å². The van der Waals surface area contributed by atoms with Gasteiger partial charge < -0.3 is 9.94 Å². The van der Waals surface area contributed by atoms with Crippen LogP contribution in [0.2, 0.25) is 0 Å². The topological polar surface area (TPSA) is 58.4 Å². The van der Waals surface area contributed by atoms with Gasteiger partial charge in [0.15, 0.2) is 11.1 Å². The lowest BCUT2D eigenvalue weighted by Crippen LogP contribution is -2.55. The van der Waals surface area contributed by atoms with Gasteiger partial charge in [-0.3, -0.25) is 4.74 Å². The molecule has 0 aromatic heterocycles. The van der Waals surface area contributed by atoms with Gasteiger partial charge in [-0.05, 0) is 64.3 Å². The lowest BCUT2D eigenvalue weighted by Gasteiger charge is -2.36. The van der Waals surface area contributed by atoms with Crippen LogP contribution in [0.4, 0.5) is 0 Å². The number of hydroxylamine groups is 3. The van der Waals surface area contributed by atoms with Gasteiger partial charge in [-0.2, -0.15) is 0 Å². The van der Waals surface area contributed by atoms with Crippen molar-refractivity contribution in [3.63, 3.8) is 0 Å². The third-order valence-corrected chi connectivity index (χ3v) is 7.55. The minimum Gasteiger partial charge on any atom is -0.714 e. The second-order valence-electron chi connectivity index (χ2n) is 10.4. The molecule has 1 heterocycles. The predicted octanol–water partition coefficient (Wildman–Crippen LogP) is 7.63. The molecule has 0 bridgehead atoms. The second kappa shape index (κ2) is 13.2. The summed E-state index contributed by atoms with van der Waals surface area (Å²) in [4.78, 5) is 0. The van der Waals surface area contributed by atoms with Crippen molar-refractivity contribution < 1.29 is 14.7 Å². The van der Waals surface area contributed by atoms with Gasteiger partial charge in [0.25, 0.3) is 0 Å². The average Bonchev–Trinajstić information content (AvgIpc) is 2.93. The van der Waals surface area contributed by atoms with Crippen molar-refractivity contribution >= 4 is 5.84 Å². The molecular weight excluding hydrogens is 412 g/mol. The van der Waals surface area contributed by atoms with Crippen LogP contribution >= 0.6 is 0 Å². The highest BCUT2D eigenvalue weighted by Gasteiger charge is 2.61. The quantitative estimate of drug-likeness (QED) is 0.145. The van der Waals surface area contributed by atoms with Gasteiger partial charge in [0, 0.05) is 5.21 Å². The summed E-state index contributed by atoms with van der Waals surface area (Å²) in [6.45, 7) is 10.9. The van der Waals surface area contributed by atoms with Gasteiger partial charge in [-0.1, -0.05) is 83.1 Å². The van der Waals surface area contributed by atoms with E-state index in [0.29, 0.717) is 12.2 Å². The normalized spacial score (nSPS) is 20.0. The van der Waals surface area contributed by atoms with E-state index in [4.69, 9.17) is 4.74 Å². The molecule has 0 unspecified atom stereocenters.